The van der Waals surface area contributed by atoms with Crippen molar-refractivity contribution in [2.24, 2.45) is 0 Å². The van der Waals surface area contributed by atoms with E-state index in [0.717, 1.165) is 28.1 Å². The van der Waals surface area contributed by atoms with Gasteiger partial charge in [0.25, 0.3) is 5.91 Å². The molecule has 1 fully saturated rings. The molecule has 8 nitrogen and oxygen atoms in total. The van der Waals surface area contributed by atoms with Crippen molar-refractivity contribution in [2.45, 2.75) is 24.5 Å². The van der Waals surface area contributed by atoms with E-state index in [2.05, 4.69) is 4.90 Å². The SMILES string of the molecule is CN(C(=O)c1ccccc1C(=O)C(c1cccc2ccccc12)P(=O)(O)O)C1CCN(c2ccc3ccccc3c2C=O)CC1. The van der Waals surface area contributed by atoms with Crippen molar-refractivity contribution >= 4 is 52.8 Å². The first-order chi connectivity index (χ1) is 21.7. The Morgan fingerprint density at radius 1 is 0.800 bits per heavy atom. The van der Waals surface area contributed by atoms with E-state index in [0.29, 0.717) is 36.9 Å². The molecule has 0 spiro atoms. The maximum absolute atomic E-state index is 14.0. The van der Waals surface area contributed by atoms with Gasteiger partial charge in [0.15, 0.2) is 12.1 Å². The fourth-order valence-electron chi connectivity index (χ4n) is 6.53. The van der Waals surface area contributed by atoms with Crippen molar-refractivity contribution in [3.8, 4) is 0 Å². The fraction of sp³-hybridized carbons (Fsp3) is 0.194. The Labute approximate surface area is 261 Å². The van der Waals surface area contributed by atoms with E-state index < -0.39 is 19.0 Å². The van der Waals surface area contributed by atoms with E-state index in [-0.39, 0.29) is 28.6 Å². The Morgan fingerprint density at radius 2 is 1.38 bits per heavy atom. The highest BCUT2D eigenvalue weighted by Crippen LogP contribution is 2.54. The van der Waals surface area contributed by atoms with Crippen molar-refractivity contribution in [2.75, 3.05) is 25.0 Å². The van der Waals surface area contributed by atoms with Crippen LogP contribution in [0.4, 0.5) is 5.69 Å². The van der Waals surface area contributed by atoms with Crippen LogP contribution in [-0.4, -0.2) is 58.8 Å². The van der Waals surface area contributed by atoms with Crippen molar-refractivity contribution in [3.63, 3.8) is 0 Å². The van der Waals surface area contributed by atoms with Gasteiger partial charge in [0, 0.05) is 43.0 Å². The Kier molecular flexibility index (Phi) is 8.38. The van der Waals surface area contributed by atoms with E-state index >= 15 is 0 Å². The number of carbonyl (C=O) groups excluding carboxylic acids is 3. The topological polar surface area (TPSA) is 115 Å². The average Bonchev–Trinajstić information content (AvgIpc) is 3.06. The first-order valence-corrected chi connectivity index (χ1v) is 16.5. The average molecular weight is 621 g/mol. The van der Waals surface area contributed by atoms with Crippen LogP contribution in [0, 0.1) is 0 Å². The van der Waals surface area contributed by atoms with Crippen LogP contribution in [0.1, 0.15) is 55.1 Å². The van der Waals surface area contributed by atoms with Crippen molar-refractivity contribution < 1.29 is 28.7 Å². The molecule has 45 heavy (non-hydrogen) atoms. The summed E-state index contributed by atoms with van der Waals surface area (Å²) in [4.78, 5) is 64.7. The summed E-state index contributed by atoms with van der Waals surface area (Å²) in [5.74, 6) is -1.19. The summed E-state index contributed by atoms with van der Waals surface area (Å²) in [6, 6.07) is 30.0. The lowest BCUT2D eigenvalue weighted by atomic mass is 9.93. The number of carbonyl (C=O) groups is 3. The number of piperidine rings is 1. The zero-order valence-electron chi connectivity index (χ0n) is 24.7. The van der Waals surface area contributed by atoms with E-state index in [4.69, 9.17) is 0 Å². The highest BCUT2D eigenvalue weighted by atomic mass is 31.2. The molecule has 6 rings (SSSR count). The quantitative estimate of drug-likeness (QED) is 0.113. The molecule has 1 atom stereocenters. The zero-order chi connectivity index (χ0) is 31.7. The fourth-order valence-corrected chi connectivity index (χ4v) is 7.56. The monoisotopic (exact) mass is 620 g/mol. The van der Waals surface area contributed by atoms with E-state index in [9.17, 15) is 28.7 Å². The number of benzene rings is 5. The molecule has 1 amide bonds. The molecule has 1 aliphatic heterocycles. The second kappa shape index (κ2) is 12.4. The van der Waals surface area contributed by atoms with E-state index in [1.165, 1.54) is 12.1 Å². The van der Waals surface area contributed by atoms with Crippen LogP contribution in [0.5, 0.6) is 0 Å². The van der Waals surface area contributed by atoms with Gasteiger partial charge in [0.1, 0.15) is 5.66 Å². The molecule has 228 valence electrons. The van der Waals surface area contributed by atoms with Gasteiger partial charge in [-0.05, 0) is 52.1 Å². The molecule has 0 bridgehead atoms. The molecular formula is C36H33N2O6P. The Hall–Kier alpha value is -4.62. The number of amides is 1. The van der Waals surface area contributed by atoms with Gasteiger partial charge in [-0.25, -0.2) is 0 Å². The second-order valence-corrected chi connectivity index (χ2v) is 13.1. The normalized spacial score (nSPS) is 14.8. The first-order valence-electron chi connectivity index (χ1n) is 14.8. The van der Waals surface area contributed by atoms with E-state index in [1.54, 1.807) is 48.3 Å². The Bertz CT molecular complexity index is 1970. The van der Waals surface area contributed by atoms with Crippen molar-refractivity contribution in [1.29, 1.82) is 0 Å². The number of nitrogens with zero attached hydrogens (tertiary/aromatic N) is 2. The van der Waals surface area contributed by atoms with Gasteiger partial charge in [-0.3, -0.25) is 18.9 Å². The van der Waals surface area contributed by atoms with Crippen LogP contribution in [0.3, 0.4) is 0 Å². The molecule has 5 aromatic rings. The zero-order valence-corrected chi connectivity index (χ0v) is 25.6. The van der Waals surface area contributed by atoms with Gasteiger partial charge < -0.3 is 19.6 Å². The molecule has 0 aromatic heterocycles. The summed E-state index contributed by atoms with van der Waals surface area (Å²) in [5.41, 5.74) is 0.0415. The van der Waals surface area contributed by atoms with Gasteiger partial charge in [0.2, 0.25) is 0 Å². The summed E-state index contributed by atoms with van der Waals surface area (Å²) >= 11 is 0. The maximum Gasteiger partial charge on any atom is 0.340 e. The molecule has 9 heteroatoms. The number of rotatable bonds is 8. The third kappa shape index (κ3) is 5.80. The second-order valence-electron chi connectivity index (χ2n) is 11.4. The number of hydrogen-bond acceptors (Lipinski definition) is 5. The van der Waals surface area contributed by atoms with Crippen LogP contribution in [-0.2, 0) is 4.57 Å². The maximum atomic E-state index is 14.0. The number of aldehydes is 1. The van der Waals surface area contributed by atoms with Gasteiger partial charge in [-0.1, -0.05) is 91.0 Å². The highest BCUT2D eigenvalue weighted by Gasteiger charge is 2.40. The summed E-state index contributed by atoms with van der Waals surface area (Å²) in [6.45, 7) is 1.26. The number of anilines is 1. The lowest BCUT2D eigenvalue weighted by Gasteiger charge is -2.38. The minimum atomic E-state index is -4.99. The molecular weight excluding hydrogens is 587 g/mol. The standard InChI is InChI=1S/C36H33N2O6P/c1-37(26-19-21-38(22-20-26)33-18-17-25-10-3-5-13-28(25)32(33)23-39)36(41)31-15-7-6-14-29(31)34(40)35(45(42,43)44)30-16-8-11-24-9-2-4-12-27(24)30/h2-18,23,26,35H,19-22H2,1H3,(H2,42,43,44). The Balaban J connectivity index is 1.25. The largest absolute Gasteiger partial charge is 0.371 e. The van der Waals surface area contributed by atoms with Crippen LogP contribution in [0.25, 0.3) is 21.5 Å². The third-order valence-electron chi connectivity index (χ3n) is 8.86. The minimum Gasteiger partial charge on any atom is -0.371 e. The minimum absolute atomic E-state index is 0.0279. The molecule has 2 N–H and O–H groups in total. The number of fused-ring (bicyclic) bond motifs is 2. The van der Waals surface area contributed by atoms with Gasteiger partial charge in [0.05, 0.1) is 5.56 Å². The summed E-state index contributed by atoms with van der Waals surface area (Å²) < 4.78 is 12.9. The van der Waals surface area contributed by atoms with Gasteiger partial charge >= 0.3 is 7.60 Å². The number of hydrogen-bond donors (Lipinski definition) is 2. The van der Waals surface area contributed by atoms with Crippen LogP contribution in [0.15, 0.2) is 103 Å². The molecule has 1 saturated heterocycles. The van der Waals surface area contributed by atoms with Gasteiger partial charge in [-0.2, -0.15) is 0 Å². The van der Waals surface area contributed by atoms with Crippen LogP contribution < -0.4 is 4.90 Å². The summed E-state index contributed by atoms with van der Waals surface area (Å²) in [7, 11) is -3.29. The lowest BCUT2D eigenvalue weighted by Crippen LogP contribution is -2.46. The van der Waals surface area contributed by atoms with Crippen LogP contribution >= 0.6 is 7.60 Å². The molecule has 1 aliphatic rings. The highest BCUT2D eigenvalue weighted by molar-refractivity contribution is 7.53. The molecule has 0 saturated carbocycles. The number of Topliss-reactive ketones (excluding diaryl/α,β-unsaturated/α-hetero) is 1. The van der Waals surface area contributed by atoms with Crippen molar-refractivity contribution in [1.82, 2.24) is 4.90 Å². The Morgan fingerprint density at radius 3 is 2.04 bits per heavy atom. The molecule has 5 aromatic carbocycles. The smallest absolute Gasteiger partial charge is 0.340 e. The van der Waals surface area contributed by atoms with E-state index in [1.807, 2.05) is 54.6 Å². The number of ketones is 1. The summed E-state index contributed by atoms with van der Waals surface area (Å²) in [6.07, 6.45) is 2.19. The molecule has 0 aliphatic carbocycles. The van der Waals surface area contributed by atoms with Crippen molar-refractivity contribution in [3.05, 3.63) is 125 Å². The van der Waals surface area contributed by atoms with Crippen LogP contribution in [0.2, 0.25) is 0 Å². The predicted octanol–water partition coefficient (Wildman–Crippen LogP) is 6.65. The third-order valence-corrected chi connectivity index (χ3v) is 10.0. The predicted molar refractivity (Wildman–Crippen MR) is 176 cm³/mol. The molecule has 0 radical (unpaired) electrons. The first kappa shape index (κ1) is 30.4. The summed E-state index contributed by atoms with van der Waals surface area (Å²) in [5, 5.41) is 3.22. The molecule has 1 unspecified atom stereocenters. The lowest BCUT2D eigenvalue weighted by molar-refractivity contribution is 0.0704. The van der Waals surface area contributed by atoms with Gasteiger partial charge in [-0.15, -0.1) is 0 Å². The molecule has 1 heterocycles.